The normalized spacial score (nSPS) is 23.2. The summed E-state index contributed by atoms with van der Waals surface area (Å²) in [6.07, 6.45) is 5.94. The fourth-order valence-electron chi connectivity index (χ4n) is 4.02. The van der Waals surface area contributed by atoms with E-state index >= 15 is 0 Å². The zero-order chi connectivity index (χ0) is 18.7. The highest BCUT2D eigenvalue weighted by molar-refractivity contribution is 7.89. The van der Waals surface area contributed by atoms with E-state index in [1.807, 2.05) is 4.90 Å². The van der Waals surface area contributed by atoms with Gasteiger partial charge in [-0.3, -0.25) is 4.79 Å². The second-order valence-corrected chi connectivity index (χ2v) is 9.61. The van der Waals surface area contributed by atoms with Gasteiger partial charge in [0.15, 0.2) is 0 Å². The number of sulfonamides is 1. The van der Waals surface area contributed by atoms with Gasteiger partial charge >= 0.3 is 0 Å². The minimum atomic E-state index is -3.53. The topological polar surface area (TPSA) is 57.7 Å². The molecule has 1 aromatic rings. The van der Waals surface area contributed by atoms with Gasteiger partial charge in [-0.1, -0.05) is 19.9 Å². The maximum absolute atomic E-state index is 13.0. The van der Waals surface area contributed by atoms with E-state index in [9.17, 15) is 13.2 Å². The molecule has 0 radical (unpaired) electrons. The van der Waals surface area contributed by atoms with Crippen molar-refractivity contribution in [3.63, 3.8) is 0 Å². The molecule has 0 aromatic heterocycles. The van der Waals surface area contributed by atoms with Crippen LogP contribution in [0.1, 0.15) is 62.7 Å². The van der Waals surface area contributed by atoms with E-state index in [4.69, 9.17) is 0 Å². The Labute approximate surface area is 157 Å². The van der Waals surface area contributed by atoms with Gasteiger partial charge in [0.2, 0.25) is 10.0 Å². The van der Waals surface area contributed by atoms with Crippen molar-refractivity contribution in [2.45, 2.75) is 63.3 Å². The van der Waals surface area contributed by atoms with Crippen molar-refractivity contribution in [1.82, 2.24) is 9.21 Å². The molecule has 0 N–H and O–H groups in total. The molecule has 1 amide bonds. The Morgan fingerprint density at radius 2 is 1.85 bits per heavy atom. The molecule has 2 aliphatic rings. The van der Waals surface area contributed by atoms with Crippen LogP contribution in [0.15, 0.2) is 29.2 Å². The van der Waals surface area contributed by atoms with Crippen LogP contribution < -0.4 is 0 Å². The standard InChI is InChI=1S/C20H30N2O3S/c1-3-18-8-4-5-12-22(18)20(23)17-7-6-9-19(15-17)26(24,25)21-13-10-16(2)11-14-21/h6-7,9,15-16,18H,3-5,8,10-14H2,1-2H3. The van der Waals surface area contributed by atoms with Crippen molar-refractivity contribution in [2.24, 2.45) is 5.92 Å². The lowest BCUT2D eigenvalue weighted by molar-refractivity contribution is 0.0608. The van der Waals surface area contributed by atoms with Gasteiger partial charge in [0.25, 0.3) is 5.91 Å². The fraction of sp³-hybridized carbons (Fsp3) is 0.650. The second kappa shape index (κ2) is 8.09. The van der Waals surface area contributed by atoms with Crippen LogP contribution in [0.25, 0.3) is 0 Å². The number of nitrogens with zero attached hydrogens (tertiary/aromatic N) is 2. The molecule has 1 atom stereocenters. The van der Waals surface area contributed by atoms with Crippen LogP contribution in [0.4, 0.5) is 0 Å². The molecule has 1 unspecified atom stereocenters. The molecular formula is C20H30N2O3S. The quantitative estimate of drug-likeness (QED) is 0.805. The first-order valence-corrected chi connectivity index (χ1v) is 11.3. The third-order valence-corrected chi connectivity index (χ3v) is 7.72. The largest absolute Gasteiger partial charge is 0.336 e. The van der Waals surface area contributed by atoms with Gasteiger partial charge in [0.1, 0.15) is 0 Å². The number of carbonyl (C=O) groups excluding carboxylic acids is 1. The van der Waals surface area contributed by atoms with Gasteiger partial charge in [0.05, 0.1) is 4.90 Å². The van der Waals surface area contributed by atoms with Crippen molar-refractivity contribution < 1.29 is 13.2 Å². The number of benzene rings is 1. The van der Waals surface area contributed by atoms with Crippen molar-refractivity contribution in [3.8, 4) is 0 Å². The van der Waals surface area contributed by atoms with Crippen LogP contribution in [0, 0.1) is 5.92 Å². The van der Waals surface area contributed by atoms with Crippen LogP contribution in [-0.4, -0.2) is 49.2 Å². The van der Waals surface area contributed by atoms with Crippen molar-refractivity contribution in [3.05, 3.63) is 29.8 Å². The van der Waals surface area contributed by atoms with E-state index in [0.29, 0.717) is 24.6 Å². The first-order valence-electron chi connectivity index (χ1n) is 9.84. The Kier molecular flexibility index (Phi) is 6.03. The molecule has 2 fully saturated rings. The maximum Gasteiger partial charge on any atom is 0.254 e. The van der Waals surface area contributed by atoms with Crippen LogP contribution in [0.2, 0.25) is 0 Å². The van der Waals surface area contributed by atoms with E-state index in [0.717, 1.165) is 45.1 Å². The number of hydrogen-bond donors (Lipinski definition) is 0. The molecule has 0 spiro atoms. The van der Waals surface area contributed by atoms with Crippen molar-refractivity contribution >= 4 is 15.9 Å². The summed E-state index contributed by atoms with van der Waals surface area (Å²) < 4.78 is 27.5. The summed E-state index contributed by atoms with van der Waals surface area (Å²) >= 11 is 0. The number of likely N-dealkylation sites (tertiary alicyclic amines) is 1. The van der Waals surface area contributed by atoms with E-state index < -0.39 is 10.0 Å². The highest BCUT2D eigenvalue weighted by Gasteiger charge is 2.30. The lowest BCUT2D eigenvalue weighted by atomic mass is 9.99. The SMILES string of the molecule is CCC1CCCCN1C(=O)c1cccc(S(=O)(=O)N2CCC(C)CC2)c1. The Morgan fingerprint density at radius 1 is 1.12 bits per heavy atom. The number of rotatable bonds is 4. The summed E-state index contributed by atoms with van der Waals surface area (Å²) in [6, 6.07) is 6.87. The molecule has 2 aliphatic heterocycles. The van der Waals surface area contributed by atoms with Crippen LogP contribution in [-0.2, 0) is 10.0 Å². The predicted octanol–water partition coefficient (Wildman–Crippen LogP) is 3.51. The van der Waals surface area contributed by atoms with Crippen molar-refractivity contribution in [2.75, 3.05) is 19.6 Å². The van der Waals surface area contributed by atoms with Crippen LogP contribution in [0.5, 0.6) is 0 Å². The molecule has 144 valence electrons. The monoisotopic (exact) mass is 378 g/mol. The summed E-state index contributed by atoms with van der Waals surface area (Å²) in [4.78, 5) is 15.2. The van der Waals surface area contributed by atoms with Crippen LogP contribution in [0.3, 0.4) is 0 Å². The van der Waals surface area contributed by atoms with Gasteiger partial charge in [-0.15, -0.1) is 0 Å². The third kappa shape index (κ3) is 3.96. The van der Waals surface area contributed by atoms with Crippen LogP contribution >= 0.6 is 0 Å². The summed E-state index contributed by atoms with van der Waals surface area (Å²) in [5.41, 5.74) is 0.483. The van der Waals surface area contributed by atoms with Gasteiger partial charge in [-0.05, 0) is 62.6 Å². The third-order valence-electron chi connectivity index (χ3n) is 5.82. The molecule has 0 aliphatic carbocycles. The Balaban J connectivity index is 1.82. The number of amides is 1. The second-order valence-electron chi connectivity index (χ2n) is 7.67. The zero-order valence-corrected chi connectivity index (χ0v) is 16.7. The van der Waals surface area contributed by atoms with Gasteiger partial charge in [-0.25, -0.2) is 8.42 Å². The summed E-state index contributed by atoms with van der Waals surface area (Å²) in [5, 5.41) is 0. The Bertz CT molecular complexity index is 739. The molecule has 5 nitrogen and oxygen atoms in total. The number of piperidine rings is 2. The lowest BCUT2D eigenvalue weighted by Crippen LogP contribution is -2.43. The highest BCUT2D eigenvalue weighted by Crippen LogP contribution is 2.26. The molecule has 2 heterocycles. The molecular weight excluding hydrogens is 348 g/mol. The Hall–Kier alpha value is -1.40. The number of carbonyl (C=O) groups is 1. The fourth-order valence-corrected chi connectivity index (χ4v) is 5.54. The molecule has 0 bridgehead atoms. The Morgan fingerprint density at radius 3 is 2.54 bits per heavy atom. The van der Waals surface area contributed by atoms with E-state index in [1.54, 1.807) is 28.6 Å². The molecule has 0 saturated carbocycles. The smallest absolute Gasteiger partial charge is 0.254 e. The minimum Gasteiger partial charge on any atom is -0.336 e. The van der Waals surface area contributed by atoms with E-state index in [2.05, 4.69) is 13.8 Å². The van der Waals surface area contributed by atoms with Gasteiger partial charge in [0, 0.05) is 31.2 Å². The van der Waals surface area contributed by atoms with Gasteiger partial charge < -0.3 is 4.90 Å². The molecule has 2 saturated heterocycles. The van der Waals surface area contributed by atoms with Gasteiger partial charge in [-0.2, -0.15) is 4.31 Å². The molecule has 26 heavy (non-hydrogen) atoms. The zero-order valence-electron chi connectivity index (χ0n) is 15.9. The van der Waals surface area contributed by atoms with E-state index in [-0.39, 0.29) is 16.8 Å². The molecule has 3 rings (SSSR count). The number of hydrogen-bond acceptors (Lipinski definition) is 3. The minimum absolute atomic E-state index is 0.0409. The lowest BCUT2D eigenvalue weighted by Gasteiger charge is -2.35. The summed E-state index contributed by atoms with van der Waals surface area (Å²) in [5.74, 6) is 0.528. The average Bonchev–Trinajstić information content (AvgIpc) is 2.68. The molecule has 1 aromatic carbocycles. The average molecular weight is 379 g/mol. The summed E-state index contributed by atoms with van der Waals surface area (Å²) in [6.45, 7) is 6.15. The molecule has 6 heteroatoms. The summed E-state index contributed by atoms with van der Waals surface area (Å²) in [7, 11) is -3.53. The maximum atomic E-state index is 13.0. The van der Waals surface area contributed by atoms with E-state index in [1.165, 1.54) is 0 Å². The predicted molar refractivity (Wildman–Crippen MR) is 103 cm³/mol. The first-order chi connectivity index (χ1) is 12.4. The highest BCUT2D eigenvalue weighted by atomic mass is 32.2. The van der Waals surface area contributed by atoms with Crippen molar-refractivity contribution in [1.29, 1.82) is 0 Å². The first kappa shape index (κ1) is 19.4.